The lowest BCUT2D eigenvalue weighted by molar-refractivity contribution is -0.157. The Morgan fingerprint density at radius 3 is 2.32 bits per heavy atom. The molecule has 0 spiro atoms. The van der Waals surface area contributed by atoms with Gasteiger partial charge in [-0.3, -0.25) is 9.59 Å². The van der Waals surface area contributed by atoms with E-state index in [2.05, 4.69) is 10.6 Å². The molecule has 1 aromatic rings. The largest absolute Gasteiger partial charge is 0.451 e. The Kier molecular flexibility index (Phi) is 6.17. The van der Waals surface area contributed by atoms with Gasteiger partial charge in [0.2, 0.25) is 0 Å². The lowest BCUT2D eigenvalue weighted by atomic mass is 10.0. The maximum Gasteiger partial charge on any atom is 0.329 e. The second-order valence-corrected chi connectivity index (χ2v) is 6.87. The Morgan fingerprint density at radius 1 is 1.12 bits per heavy atom. The van der Waals surface area contributed by atoms with Crippen molar-refractivity contribution >= 4 is 17.8 Å². The molecule has 0 aromatic heterocycles. The number of carbonyl (C=O) groups is 3. The molecular formula is C19H26N2O4. The number of rotatable bonds is 7. The van der Waals surface area contributed by atoms with Crippen LogP contribution in [0.1, 0.15) is 49.5 Å². The van der Waals surface area contributed by atoms with Crippen LogP contribution in [0.3, 0.4) is 0 Å². The van der Waals surface area contributed by atoms with Crippen LogP contribution in [-0.4, -0.2) is 36.0 Å². The van der Waals surface area contributed by atoms with Crippen molar-refractivity contribution in [2.75, 3.05) is 0 Å². The fourth-order valence-electron chi connectivity index (χ4n) is 2.39. The van der Waals surface area contributed by atoms with Crippen molar-refractivity contribution in [1.82, 2.24) is 10.6 Å². The minimum absolute atomic E-state index is 0.167. The number of esters is 1. The molecule has 136 valence electrons. The molecule has 6 nitrogen and oxygen atoms in total. The van der Waals surface area contributed by atoms with E-state index in [0.29, 0.717) is 5.56 Å². The van der Waals surface area contributed by atoms with E-state index < -0.39 is 18.1 Å². The molecule has 1 fully saturated rings. The van der Waals surface area contributed by atoms with E-state index in [1.165, 1.54) is 6.92 Å². The summed E-state index contributed by atoms with van der Waals surface area (Å²) in [5.41, 5.74) is 1.34. The summed E-state index contributed by atoms with van der Waals surface area (Å²) in [7, 11) is 0. The third kappa shape index (κ3) is 5.31. The van der Waals surface area contributed by atoms with Gasteiger partial charge < -0.3 is 15.4 Å². The third-order valence-corrected chi connectivity index (χ3v) is 4.18. The van der Waals surface area contributed by atoms with Gasteiger partial charge in [0, 0.05) is 11.6 Å². The zero-order valence-electron chi connectivity index (χ0n) is 15.2. The van der Waals surface area contributed by atoms with Crippen molar-refractivity contribution in [1.29, 1.82) is 0 Å². The topological polar surface area (TPSA) is 84.5 Å². The fraction of sp³-hybridized carbons (Fsp3) is 0.526. The standard InChI is InChI=1S/C19H26N2O4/c1-11(2)16(21-18(23)15-8-6-5-7-12(15)3)19(24)25-13(4)17(22)20-14-9-10-14/h5-8,11,13-14,16H,9-10H2,1-4H3,(H,20,22)(H,21,23)/t13-,16-/m1/s1. The van der Waals surface area contributed by atoms with Crippen LogP contribution in [0.5, 0.6) is 0 Å². The zero-order chi connectivity index (χ0) is 18.6. The summed E-state index contributed by atoms with van der Waals surface area (Å²) < 4.78 is 5.27. The molecular weight excluding hydrogens is 320 g/mol. The van der Waals surface area contributed by atoms with Gasteiger partial charge in [0.1, 0.15) is 6.04 Å². The lowest BCUT2D eigenvalue weighted by Crippen LogP contribution is -2.48. The number of benzene rings is 1. The SMILES string of the molecule is Cc1ccccc1C(=O)N[C@@H](C(=O)O[C@H](C)C(=O)NC1CC1)C(C)C. The number of carbonyl (C=O) groups excluding carboxylic acids is 3. The number of aryl methyl sites for hydroxylation is 1. The molecule has 0 bridgehead atoms. The van der Waals surface area contributed by atoms with Crippen LogP contribution < -0.4 is 10.6 Å². The Hall–Kier alpha value is -2.37. The highest BCUT2D eigenvalue weighted by atomic mass is 16.5. The van der Waals surface area contributed by atoms with Crippen LogP contribution in [0.2, 0.25) is 0 Å². The highest BCUT2D eigenvalue weighted by molar-refractivity contribution is 5.98. The van der Waals surface area contributed by atoms with Crippen LogP contribution in [0.25, 0.3) is 0 Å². The van der Waals surface area contributed by atoms with Gasteiger partial charge in [-0.15, -0.1) is 0 Å². The number of ether oxygens (including phenoxy) is 1. The van der Waals surface area contributed by atoms with E-state index in [0.717, 1.165) is 18.4 Å². The summed E-state index contributed by atoms with van der Waals surface area (Å²) in [5, 5.41) is 5.52. The number of amides is 2. The van der Waals surface area contributed by atoms with Crippen molar-refractivity contribution in [2.45, 2.75) is 58.7 Å². The molecule has 0 heterocycles. The molecule has 0 saturated heterocycles. The molecule has 2 N–H and O–H groups in total. The second-order valence-electron chi connectivity index (χ2n) is 6.87. The number of hydrogen-bond donors (Lipinski definition) is 2. The summed E-state index contributed by atoms with van der Waals surface area (Å²) in [6.45, 7) is 7.01. The first kappa shape index (κ1) is 19.0. The summed E-state index contributed by atoms with van der Waals surface area (Å²) in [6.07, 6.45) is 1.05. The molecule has 2 atom stereocenters. The van der Waals surface area contributed by atoms with E-state index in [1.807, 2.05) is 32.9 Å². The lowest BCUT2D eigenvalue weighted by Gasteiger charge is -2.23. The fourth-order valence-corrected chi connectivity index (χ4v) is 2.39. The molecule has 1 aliphatic carbocycles. The molecule has 6 heteroatoms. The van der Waals surface area contributed by atoms with Gasteiger partial charge in [-0.05, 0) is 44.2 Å². The first-order valence-corrected chi connectivity index (χ1v) is 8.67. The summed E-state index contributed by atoms with van der Waals surface area (Å²) in [6, 6.07) is 6.55. The van der Waals surface area contributed by atoms with Gasteiger partial charge in [-0.1, -0.05) is 32.0 Å². The van der Waals surface area contributed by atoms with Gasteiger partial charge in [-0.2, -0.15) is 0 Å². The van der Waals surface area contributed by atoms with Crippen LogP contribution in [-0.2, 0) is 14.3 Å². The van der Waals surface area contributed by atoms with Gasteiger partial charge in [0.15, 0.2) is 6.10 Å². The summed E-state index contributed by atoms with van der Waals surface area (Å²) >= 11 is 0. The monoisotopic (exact) mass is 346 g/mol. The quantitative estimate of drug-likeness (QED) is 0.739. The molecule has 1 aromatic carbocycles. The molecule has 2 rings (SSSR count). The molecule has 25 heavy (non-hydrogen) atoms. The van der Waals surface area contributed by atoms with E-state index in [9.17, 15) is 14.4 Å². The predicted molar refractivity (Wildman–Crippen MR) is 94.0 cm³/mol. The van der Waals surface area contributed by atoms with Crippen molar-refractivity contribution in [2.24, 2.45) is 5.92 Å². The second kappa shape index (κ2) is 8.14. The normalized spacial score (nSPS) is 16.0. The Bertz CT molecular complexity index is 653. The highest BCUT2D eigenvalue weighted by Crippen LogP contribution is 2.19. The van der Waals surface area contributed by atoms with E-state index in [4.69, 9.17) is 4.74 Å². The highest BCUT2D eigenvalue weighted by Gasteiger charge is 2.31. The Labute approximate surface area is 148 Å². The minimum atomic E-state index is -0.885. The maximum atomic E-state index is 12.5. The first-order chi connectivity index (χ1) is 11.8. The van der Waals surface area contributed by atoms with Crippen LogP contribution in [0.15, 0.2) is 24.3 Å². The first-order valence-electron chi connectivity index (χ1n) is 8.67. The van der Waals surface area contributed by atoms with Crippen molar-refractivity contribution in [3.05, 3.63) is 35.4 Å². The van der Waals surface area contributed by atoms with E-state index in [-0.39, 0.29) is 23.8 Å². The Morgan fingerprint density at radius 2 is 1.76 bits per heavy atom. The Balaban J connectivity index is 1.98. The van der Waals surface area contributed by atoms with Crippen molar-refractivity contribution in [3.8, 4) is 0 Å². The molecule has 1 aliphatic rings. The van der Waals surface area contributed by atoms with Gasteiger partial charge in [-0.25, -0.2) is 4.79 Å². The zero-order valence-corrected chi connectivity index (χ0v) is 15.2. The average Bonchev–Trinajstić information content (AvgIpc) is 3.36. The van der Waals surface area contributed by atoms with E-state index in [1.54, 1.807) is 12.1 Å². The third-order valence-electron chi connectivity index (χ3n) is 4.18. The van der Waals surface area contributed by atoms with Crippen LogP contribution >= 0.6 is 0 Å². The number of hydrogen-bond acceptors (Lipinski definition) is 4. The molecule has 2 amide bonds. The molecule has 0 radical (unpaired) electrons. The molecule has 0 aliphatic heterocycles. The van der Waals surface area contributed by atoms with Gasteiger partial charge in [0.05, 0.1) is 0 Å². The smallest absolute Gasteiger partial charge is 0.329 e. The predicted octanol–water partition coefficient (Wildman–Crippen LogP) is 1.96. The van der Waals surface area contributed by atoms with Gasteiger partial charge in [0.25, 0.3) is 11.8 Å². The van der Waals surface area contributed by atoms with E-state index >= 15 is 0 Å². The summed E-state index contributed by atoms with van der Waals surface area (Å²) in [4.78, 5) is 36.8. The minimum Gasteiger partial charge on any atom is -0.451 e. The average molecular weight is 346 g/mol. The summed E-state index contributed by atoms with van der Waals surface area (Å²) in [5.74, 6) is -1.40. The van der Waals surface area contributed by atoms with Gasteiger partial charge >= 0.3 is 5.97 Å². The van der Waals surface area contributed by atoms with Crippen molar-refractivity contribution in [3.63, 3.8) is 0 Å². The molecule has 0 unspecified atom stereocenters. The molecule has 1 saturated carbocycles. The van der Waals surface area contributed by atoms with Crippen molar-refractivity contribution < 1.29 is 19.1 Å². The van der Waals surface area contributed by atoms with Crippen LogP contribution in [0, 0.1) is 12.8 Å². The maximum absolute atomic E-state index is 12.5. The number of nitrogens with one attached hydrogen (secondary N) is 2. The van der Waals surface area contributed by atoms with Crippen LogP contribution in [0.4, 0.5) is 0 Å².